The molecular formula is C12H19N3S. The van der Waals surface area contributed by atoms with Crippen molar-refractivity contribution < 1.29 is 0 Å². The lowest BCUT2D eigenvalue weighted by Crippen LogP contribution is -2.34. The van der Waals surface area contributed by atoms with Crippen LogP contribution in [-0.4, -0.2) is 31.7 Å². The Morgan fingerprint density at radius 2 is 2.38 bits per heavy atom. The van der Waals surface area contributed by atoms with Crippen molar-refractivity contribution in [1.82, 2.24) is 14.7 Å². The highest BCUT2D eigenvalue weighted by Gasteiger charge is 2.34. The Morgan fingerprint density at radius 1 is 1.50 bits per heavy atom. The summed E-state index contributed by atoms with van der Waals surface area (Å²) in [4.78, 5) is 2.57. The first kappa shape index (κ1) is 10.7. The molecule has 16 heavy (non-hydrogen) atoms. The molecule has 1 aromatic heterocycles. The van der Waals surface area contributed by atoms with Gasteiger partial charge in [0.2, 0.25) is 0 Å². The fourth-order valence-corrected chi connectivity index (χ4v) is 4.24. The third-order valence-corrected chi connectivity index (χ3v) is 5.30. The van der Waals surface area contributed by atoms with Crippen molar-refractivity contribution in [3.05, 3.63) is 17.5 Å². The number of aromatic nitrogens is 2. The Balaban J connectivity index is 1.67. The van der Waals surface area contributed by atoms with E-state index in [1.807, 2.05) is 17.9 Å². The van der Waals surface area contributed by atoms with Crippen LogP contribution in [0.2, 0.25) is 0 Å². The summed E-state index contributed by atoms with van der Waals surface area (Å²) in [5.41, 5.74) is 2.83. The summed E-state index contributed by atoms with van der Waals surface area (Å²) < 4.78 is 2.52. The van der Waals surface area contributed by atoms with Crippen molar-refractivity contribution >= 4 is 11.8 Å². The molecule has 2 aliphatic heterocycles. The van der Waals surface area contributed by atoms with Gasteiger partial charge in [-0.05, 0) is 25.5 Å². The van der Waals surface area contributed by atoms with E-state index in [0.717, 1.165) is 13.1 Å². The molecule has 1 fully saturated rings. The second kappa shape index (κ2) is 3.77. The average molecular weight is 237 g/mol. The number of fused-ring (bicyclic) bond motifs is 1. The molecule has 1 saturated heterocycles. The molecule has 88 valence electrons. The van der Waals surface area contributed by atoms with Gasteiger partial charge in [-0.15, -0.1) is 0 Å². The van der Waals surface area contributed by atoms with E-state index in [9.17, 15) is 0 Å². The van der Waals surface area contributed by atoms with Crippen molar-refractivity contribution in [2.75, 3.05) is 12.3 Å². The van der Waals surface area contributed by atoms with Gasteiger partial charge in [0, 0.05) is 37.0 Å². The summed E-state index contributed by atoms with van der Waals surface area (Å²) in [5, 5.41) is 4.31. The standard InChI is InChI=1S/C12H19N3S/c1-12(4-3-5-16-12)9-15-7-10-6-13-14(2)11(10)8-15/h6H,3-5,7-9H2,1-2H3. The number of hydrogen-bond donors (Lipinski definition) is 0. The van der Waals surface area contributed by atoms with Gasteiger partial charge in [0.25, 0.3) is 0 Å². The van der Waals surface area contributed by atoms with Crippen LogP contribution >= 0.6 is 11.8 Å². The highest BCUT2D eigenvalue weighted by molar-refractivity contribution is 8.00. The van der Waals surface area contributed by atoms with Gasteiger partial charge in [-0.25, -0.2) is 0 Å². The van der Waals surface area contributed by atoms with Crippen LogP contribution < -0.4 is 0 Å². The molecule has 0 aromatic carbocycles. The molecule has 0 aliphatic carbocycles. The molecule has 2 aliphatic rings. The Kier molecular flexibility index (Phi) is 2.51. The maximum atomic E-state index is 4.31. The Morgan fingerprint density at radius 3 is 3.06 bits per heavy atom. The Bertz CT molecular complexity index is 393. The number of thioether (sulfide) groups is 1. The van der Waals surface area contributed by atoms with E-state index in [1.54, 1.807) is 0 Å². The van der Waals surface area contributed by atoms with E-state index < -0.39 is 0 Å². The number of aryl methyl sites for hydroxylation is 1. The van der Waals surface area contributed by atoms with Gasteiger partial charge in [-0.1, -0.05) is 0 Å². The summed E-state index contributed by atoms with van der Waals surface area (Å²) in [5.74, 6) is 1.35. The van der Waals surface area contributed by atoms with Crippen LogP contribution in [0.15, 0.2) is 6.20 Å². The Hall–Kier alpha value is -0.480. The SMILES string of the molecule is Cn1ncc2c1CN(CC1(C)CCCS1)C2. The molecule has 1 unspecified atom stereocenters. The number of rotatable bonds is 2. The van der Waals surface area contributed by atoms with Gasteiger partial charge in [0.15, 0.2) is 0 Å². The maximum Gasteiger partial charge on any atom is 0.0566 e. The fourth-order valence-electron chi connectivity index (χ4n) is 2.90. The molecule has 0 saturated carbocycles. The molecule has 1 atom stereocenters. The van der Waals surface area contributed by atoms with E-state index in [1.165, 1.54) is 36.4 Å². The average Bonchev–Trinajstić information content (AvgIpc) is 2.88. The largest absolute Gasteiger partial charge is 0.292 e. The Labute approximate surface area is 101 Å². The molecule has 0 amide bonds. The highest BCUT2D eigenvalue weighted by Crippen LogP contribution is 2.39. The second-order valence-corrected chi connectivity index (χ2v) is 6.97. The summed E-state index contributed by atoms with van der Waals surface area (Å²) in [6, 6.07) is 0. The normalized spacial score (nSPS) is 29.9. The molecular weight excluding hydrogens is 218 g/mol. The molecule has 0 bridgehead atoms. The smallest absolute Gasteiger partial charge is 0.0566 e. The first-order valence-corrected chi connectivity index (χ1v) is 7.01. The molecule has 4 heteroatoms. The predicted molar refractivity (Wildman–Crippen MR) is 67.4 cm³/mol. The minimum absolute atomic E-state index is 0.496. The summed E-state index contributed by atoms with van der Waals surface area (Å²) in [6.07, 6.45) is 4.80. The molecule has 3 nitrogen and oxygen atoms in total. The quantitative estimate of drug-likeness (QED) is 0.785. The lowest BCUT2D eigenvalue weighted by molar-refractivity contribution is 0.250. The molecule has 3 heterocycles. The van der Waals surface area contributed by atoms with E-state index in [4.69, 9.17) is 0 Å². The zero-order chi connectivity index (χ0) is 11.2. The van der Waals surface area contributed by atoms with Crippen molar-refractivity contribution in [2.24, 2.45) is 7.05 Å². The maximum absolute atomic E-state index is 4.31. The molecule has 1 aromatic rings. The third-order valence-electron chi connectivity index (χ3n) is 3.77. The zero-order valence-electron chi connectivity index (χ0n) is 10.1. The third kappa shape index (κ3) is 1.78. The van der Waals surface area contributed by atoms with E-state index in [0.29, 0.717) is 4.75 Å². The van der Waals surface area contributed by atoms with Crippen molar-refractivity contribution in [3.63, 3.8) is 0 Å². The van der Waals surface area contributed by atoms with Gasteiger partial charge in [-0.2, -0.15) is 16.9 Å². The highest BCUT2D eigenvalue weighted by atomic mass is 32.2. The van der Waals surface area contributed by atoms with Crippen LogP contribution in [0.1, 0.15) is 31.0 Å². The molecule has 3 rings (SSSR count). The number of nitrogens with zero attached hydrogens (tertiary/aromatic N) is 3. The lowest BCUT2D eigenvalue weighted by atomic mass is 10.1. The molecule has 0 spiro atoms. The van der Waals surface area contributed by atoms with Crippen LogP contribution in [0, 0.1) is 0 Å². The fraction of sp³-hybridized carbons (Fsp3) is 0.750. The minimum Gasteiger partial charge on any atom is -0.292 e. The van der Waals surface area contributed by atoms with Crippen LogP contribution in [0.3, 0.4) is 0 Å². The van der Waals surface area contributed by atoms with Crippen LogP contribution in [0.25, 0.3) is 0 Å². The van der Waals surface area contributed by atoms with Crippen molar-refractivity contribution in [2.45, 2.75) is 37.6 Å². The van der Waals surface area contributed by atoms with Gasteiger partial charge >= 0.3 is 0 Å². The molecule has 0 N–H and O–H groups in total. The van der Waals surface area contributed by atoms with E-state index in [-0.39, 0.29) is 0 Å². The van der Waals surface area contributed by atoms with Crippen LogP contribution in [0.5, 0.6) is 0 Å². The van der Waals surface area contributed by atoms with Crippen LogP contribution in [-0.2, 0) is 20.1 Å². The first-order chi connectivity index (χ1) is 7.66. The topological polar surface area (TPSA) is 21.1 Å². The van der Waals surface area contributed by atoms with Gasteiger partial charge < -0.3 is 0 Å². The van der Waals surface area contributed by atoms with Crippen molar-refractivity contribution in [3.8, 4) is 0 Å². The van der Waals surface area contributed by atoms with Crippen LogP contribution in [0.4, 0.5) is 0 Å². The lowest BCUT2D eigenvalue weighted by Gasteiger charge is -2.28. The van der Waals surface area contributed by atoms with E-state index in [2.05, 4.69) is 28.7 Å². The monoisotopic (exact) mass is 237 g/mol. The molecule has 0 radical (unpaired) electrons. The van der Waals surface area contributed by atoms with Crippen molar-refractivity contribution in [1.29, 1.82) is 0 Å². The van der Waals surface area contributed by atoms with E-state index >= 15 is 0 Å². The summed E-state index contributed by atoms with van der Waals surface area (Å²) in [7, 11) is 2.05. The zero-order valence-corrected chi connectivity index (χ0v) is 10.9. The summed E-state index contributed by atoms with van der Waals surface area (Å²) >= 11 is 2.15. The van der Waals surface area contributed by atoms with Gasteiger partial charge in [0.1, 0.15) is 0 Å². The minimum atomic E-state index is 0.496. The van der Waals surface area contributed by atoms with Gasteiger partial charge in [-0.3, -0.25) is 9.58 Å². The second-order valence-electron chi connectivity index (χ2n) is 5.29. The first-order valence-electron chi connectivity index (χ1n) is 6.02. The number of hydrogen-bond acceptors (Lipinski definition) is 3. The summed E-state index contributed by atoms with van der Waals surface area (Å²) in [6.45, 7) is 5.83. The van der Waals surface area contributed by atoms with Gasteiger partial charge in [0.05, 0.1) is 11.9 Å². The predicted octanol–water partition coefficient (Wildman–Crippen LogP) is 2.02.